The largest absolute Gasteiger partial charge is 0.411 e. The molecule has 0 atom stereocenters. The fourth-order valence-corrected chi connectivity index (χ4v) is 1.03. The van der Waals surface area contributed by atoms with Gasteiger partial charge in [0.2, 0.25) is 0 Å². The molecule has 0 saturated carbocycles. The maximum absolute atomic E-state index is 8.26. The molecule has 0 aliphatic carbocycles. The molecule has 0 saturated heterocycles. The summed E-state index contributed by atoms with van der Waals surface area (Å²) in [5.41, 5.74) is 0.560. The molecule has 0 fully saturated rings. The van der Waals surface area contributed by atoms with Gasteiger partial charge >= 0.3 is 0 Å². The monoisotopic (exact) mass is 142 g/mol. The zero-order chi connectivity index (χ0) is 6.69. The first-order valence-electron chi connectivity index (χ1n) is 2.43. The number of oxime groups is 1. The van der Waals surface area contributed by atoms with Crippen LogP contribution in [0.5, 0.6) is 0 Å². The molecule has 1 rings (SSSR count). The predicted octanol–water partition coefficient (Wildman–Crippen LogP) is 1.34. The second-order valence-corrected chi connectivity index (χ2v) is 2.42. The third kappa shape index (κ3) is 1.26. The minimum atomic E-state index is 0.560. The molecule has 0 aromatic carbocycles. The van der Waals surface area contributed by atoms with Gasteiger partial charge in [0, 0.05) is 11.6 Å². The molecule has 0 amide bonds. The Balaban J connectivity index is 2.90. The molecular formula is C5H6N2OS. The summed E-state index contributed by atoms with van der Waals surface area (Å²) in [7, 11) is 0. The molecule has 1 aromatic rings. The fourth-order valence-electron chi connectivity index (χ4n) is 0.445. The average molecular weight is 142 g/mol. The second-order valence-electron chi connectivity index (χ2n) is 1.52. The Morgan fingerprint density at radius 2 is 2.67 bits per heavy atom. The van der Waals surface area contributed by atoms with Crippen LogP contribution in [0.4, 0.5) is 0 Å². The van der Waals surface area contributed by atoms with Crippen molar-refractivity contribution < 1.29 is 5.21 Å². The lowest BCUT2D eigenvalue weighted by molar-refractivity contribution is 0.319. The SMILES string of the molecule is C/C(=N\O)c1nccs1. The van der Waals surface area contributed by atoms with E-state index in [1.54, 1.807) is 13.1 Å². The highest BCUT2D eigenvalue weighted by Gasteiger charge is 1.97. The van der Waals surface area contributed by atoms with Crippen molar-refractivity contribution in [2.24, 2.45) is 5.16 Å². The van der Waals surface area contributed by atoms with E-state index in [1.165, 1.54) is 11.3 Å². The topological polar surface area (TPSA) is 45.5 Å². The molecule has 0 radical (unpaired) electrons. The van der Waals surface area contributed by atoms with E-state index in [1.807, 2.05) is 5.38 Å². The van der Waals surface area contributed by atoms with Gasteiger partial charge in [-0.3, -0.25) is 0 Å². The third-order valence-electron chi connectivity index (χ3n) is 0.892. The van der Waals surface area contributed by atoms with Crippen LogP contribution in [0.15, 0.2) is 16.7 Å². The first kappa shape index (κ1) is 6.22. The van der Waals surface area contributed by atoms with Gasteiger partial charge in [0.25, 0.3) is 0 Å². The van der Waals surface area contributed by atoms with Gasteiger partial charge in [-0.1, -0.05) is 5.16 Å². The Kier molecular flexibility index (Phi) is 1.79. The Morgan fingerprint density at radius 1 is 1.89 bits per heavy atom. The van der Waals surface area contributed by atoms with Crippen LogP contribution in [0.2, 0.25) is 0 Å². The summed E-state index contributed by atoms with van der Waals surface area (Å²) in [6.07, 6.45) is 1.68. The summed E-state index contributed by atoms with van der Waals surface area (Å²) in [6.45, 7) is 1.71. The number of rotatable bonds is 1. The molecule has 0 aliphatic heterocycles. The minimum Gasteiger partial charge on any atom is -0.411 e. The zero-order valence-electron chi connectivity index (χ0n) is 4.90. The molecule has 0 aliphatic rings. The van der Waals surface area contributed by atoms with E-state index in [-0.39, 0.29) is 0 Å². The lowest BCUT2D eigenvalue weighted by Crippen LogP contribution is -1.91. The smallest absolute Gasteiger partial charge is 0.140 e. The van der Waals surface area contributed by atoms with Crippen molar-refractivity contribution in [1.29, 1.82) is 0 Å². The van der Waals surface area contributed by atoms with E-state index < -0.39 is 0 Å². The number of hydrogen-bond donors (Lipinski definition) is 1. The second kappa shape index (κ2) is 2.59. The summed E-state index contributed by atoms with van der Waals surface area (Å²) < 4.78 is 0. The number of hydrogen-bond acceptors (Lipinski definition) is 4. The molecule has 1 aromatic heterocycles. The first-order valence-corrected chi connectivity index (χ1v) is 3.31. The zero-order valence-corrected chi connectivity index (χ0v) is 5.72. The van der Waals surface area contributed by atoms with Crippen LogP contribution in [-0.4, -0.2) is 15.9 Å². The number of thiazole rings is 1. The maximum atomic E-state index is 8.26. The van der Waals surface area contributed by atoms with Crippen molar-refractivity contribution in [3.8, 4) is 0 Å². The molecule has 1 heterocycles. The summed E-state index contributed by atoms with van der Waals surface area (Å²) in [5.74, 6) is 0. The molecule has 48 valence electrons. The van der Waals surface area contributed by atoms with Crippen LogP contribution in [0.1, 0.15) is 11.9 Å². The maximum Gasteiger partial charge on any atom is 0.140 e. The molecule has 4 heteroatoms. The number of nitrogens with zero attached hydrogens (tertiary/aromatic N) is 2. The van der Waals surface area contributed by atoms with Crippen LogP contribution in [0.25, 0.3) is 0 Å². The van der Waals surface area contributed by atoms with Gasteiger partial charge in [-0.2, -0.15) is 0 Å². The first-order chi connectivity index (χ1) is 4.34. The third-order valence-corrected chi connectivity index (χ3v) is 1.77. The van der Waals surface area contributed by atoms with Crippen molar-refractivity contribution >= 4 is 17.0 Å². The quantitative estimate of drug-likeness (QED) is 0.365. The van der Waals surface area contributed by atoms with Gasteiger partial charge in [-0.25, -0.2) is 4.98 Å². The van der Waals surface area contributed by atoms with Gasteiger partial charge < -0.3 is 5.21 Å². The van der Waals surface area contributed by atoms with Gasteiger partial charge in [0.1, 0.15) is 10.7 Å². The van der Waals surface area contributed by atoms with E-state index in [0.717, 1.165) is 5.01 Å². The molecule has 0 spiro atoms. The van der Waals surface area contributed by atoms with Crippen LogP contribution in [0.3, 0.4) is 0 Å². The molecule has 0 bridgehead atoms. The highest BCUT2D eigenvalue weighted by atomic mass is 32.1. The van der Waals surface area contributed by atoms with Crippen LogP contribution in [0, 0.1) is 0 Å². The minimum absolute atomic E-state index is 0.560. The van der Waals surface area contributed by atoms with E-state index in [0.29, 0.717) is 5.71 Å². The normalized spacial score (nSPS) is 11.9. The Hall–Kier alpha value is -0.900. The lowest BCUT2D eigenvalue weighted by Gasteiger charge is -1.85. The van der Waals surface area contributed by atoms with Crippen LogP contribution in [-0.2, 0) is 0 Å². The van der Waals surface area contributed by atoms with Gasteiger partial charge in [0.05, 0.1) is 0 Å². The number of aromatic nitrogens is 1. The van der Waals surface area contributed by atoms with Crippen molar-refractivity contribution in [2.75, 3.05) is 0 Å². The molecule has 1 N–H and O–H groups in total. The standard InChI is InChI=1S/C5H6N2OS/c1-4(7-8)5-6-2-3-9-5/h2-3,8H,1H3/b7-4+. The van der Waals surface area contributed by atoms with E-state index in [2.05, 4.69) is 10.1 Å². The Bertz CT molecular complexity index is 205. The summed E-state index contributed by atoms with van der Waals surface area (Å²) in [5, 5.41) is 13.9. The highest BCUT2D eigenvalue weighted by Crippen LogP contribution is 2.04. The van der Waals surface area contributed by atoms with Crippen molar-refractivity contribution in [3.63, 3.8) is 0 Å². The van der Waals surface area contributed by atoms with Crippen molar-refractivity contribution in [2.45, 2.75) is 6.92 Å². The fraction of sp³-hybridized carbons (Fsp3) is 0.200. The Morgan fingerprint density at radius 3 is 3.11 bits per heavy atom. The van der Waals surface area contributed by atoms with Crippen LogP contribution >= 0.6 is 11.3 Å². The summed E-state index contributed by atoms with van der Waals surface area (Å²) in [4.78, 5) is 3.91. The van der Waals surface area contributed by atoms with Gasteiger partial charge in [-0.15, -0.1) is 11.3 Å². The average Bonchev–Trinajstić information content (AvgIpc) is 2.37. The van der Waals surface area contributed by atoms with E-state index >= 15 is 0 Å². The summed E-state index contributed by atoms with van der Waals surface area (Å²) in [6, 6.07) is 0. The molecular weight excluding hydrogens is 136 g/mol. The highest BCUT2D eigenvalue weighted by molar-refractivity contribution is 7.11. The molecule has 3 nitrogen and oxygen atoms in total. The lowest BCUT2D eigenvalue weighted by atomic mass is 10.5. The Labute approximate surface area is 56.7 Å². The van der Waals surface area contributed by atoms with Crippen molar-refractivity contribution in [1.82, 2.24) is 4.98 Å². The molecule has 0 unspecified atom stereocenters. The van der Waals surface area contributed by atoms with Crippen LogP contribution < -0.4 is 0 Å². The van der Waals surface area contributed by atoms with E-state index in [4.69, 9.17) is 5.21 Å². The molecule has 9 heavy (non-hydrogen) atoms. The van der Waals surface area contributed by atoms with Gasteiger partial charge in [-0.05, 0) is 6.92 Å². The van der Waals surface area contributed by atoms with E-state index in [9.17, 15) is 0 Å². The summed E-state index contributed by atoms with van der Waals surface area (Å²) >= 11 is 1.45. The predicted molar refractivity (Wildman–Crippen MR) is 36.1 cm³/mol. The van der Waals surface area contributed by atoms with Crippen molar-refractivity contribution in [3.05, 3.63) is 16.6 Å². The van der Waals surface area contributed by atoms with Gasteiger partial charge in [0.15, 0.2) is 0 Å².